The van der Waals surface area contributed by atoms with Crippen molar-refractivity contribution in [3.8, 4) is 5.75 Å². The number of nitrogens with one attached hydrogen (secondary N) is 1. The molecular weight excluding hydrogens is 371 g/mol. The van der Waals surface area contributed by atoms with Crippen LogP contribution in [-0.2, 0) is 14.3 Å². The van der Waals surface area contributed by atoms with Crippen molar-refractivity contribution < 1.29 is 23.9 Å². The summed E-state index contributed by atoms with van der Waals surface area (Å²) in [5.74, 6) is -1.25. The third-order valence-electron chi connectivity index (χ3n) is 2.83. The van der Waals surface area contributed by atoms with E-state index in [0.29, 0.717) is 6.54 Å². The number of hydrogen-bond donors (Lipinski definition) is 1. The Bertz CT molecular complexity index is 653. The number of hydrogen-bond acceptors (Lipinski definition) is 5. The van der Waals surface area contributed by atoms with Crippen LogP contribution in [0.25, 0.3) is 0 Å². The summed E-state index contributed by atoms with van der Waals surface area (Å²) in [5, 5.41) is 3.11. The lowest BCUT2D eigenvalue weighted by Gasteiger charge is -2.12. The zero-order chi connectivity index (χ0) is 17.0. The van der Waals surface area contributed by atoms with E-state index in [1.54, 1.807) is 0 Å². The second kappa shape index (κ2) is 7.72. The molecule has 1 aromatic rings. The van der Waals surface area contributed by atoms with Crippen molar-refractivity contribution in [2.24, 2.45) is 0 Å². The summed E-state index contributed by atoms with van der Waals surface area (Å²) >= 11 is 17.5. The fourth-order valence-electron chi connectivity index (χ4n) is 1.72. The fraction of sp³-hybridized carbons (Fsp3) is 0.308. The first kappa shape index (κ1) is 17.7. The molecule has 23 heavy (non-hydrogen) atoms. The van der Waals surface area contributed by atoms with Gasteiger partial charge in [-0.25, -0.2) is 9.59 Å². The van der Waals surface area contributed by atoms with E-state index in [2.05, 4.69) is 5.32 Å². The van der Waals surface area contributed by atoms with Gasteiger partial charge in [-0.3, -0.25) is 9.69 Å². The topological polar surface area (TPSA) is 84.9 Å². The third-order valence-corrected chi connectivity index (χ3v) is 3.85. The van der Waals surface area contributed by atoms with Crippen LogP contribution in [0.2, 0.25) is 15.1 Å². The zero-order valence-corrected chi connectivity index (χ0v) is 13.9. The fourth-order valence-corrected chi connectivity index (χ4v) is 2.31. The summed E-state index contributed by atoms with van der Waals surface area (Å²) in [4.78, 5) is 35.4. The molecule has 0 saturated carbocycles. The number of amides is 3. The van der Waals surface area contributed by atoms with Crippen LogP contribution in [0.15, 0.2) is 12.1 Å². The Hall–Kier alpha value is -1.70. The lowest BCUT2D eigenvalue weighted by atomic mass is 10.3. The first-order valence-electron chi connectivity index (χ1n) is 6.39. The largest absolute Gasteiger partial charge is 0.480 e. The van der Waals surface area contributed by atoms with Gasteiger partial charge >= 0.3 is 12.0 Å². The van der Waals surface area contributed by atoms with Crippen LogP contribution >= 0.6 is 34.8 Å². The first-order chi connectivity index (χ1) is 10.9. The molecule has 1 N–H and O–H groups in total. The number of carbonyl (C=O) groups excluding carboxylic acids is 3. The van der Waals surface area contributed by atoms with E-state index in [1.807, 2.05) is 0 Å². The number of halogens is 3. The number of nitrogens with zero attached hydrogens (tertiary/aromatic N) is 1. The summed E-state index contributed by atoms with van der Waals surface area (Å²) in [6, 6.07) is 2.23. The molecule has 0 atom stereocenters. The molecule has 1 aromatic carbocycles. The molecule has 1 heterocycles. The molecule has 0 radical (unpaired) electrons. The Morgan fingerprint density at radius 1 is 1.13 bits per heavy atom. The van der Waals surface area contributed by atoms with Gasteiger partial charge in [-0.15, -0.1) is 0 Å². The van der Waals surface area contributed by atoms with E-state index >= 15 is 0 Å². The van der Waals surface area contributed by atoms with Crippen molar-refractivity contribution >= 4 is 52.7 Å². The molecule has 3 amide bonds. The van der Waals surface area contributed by atoms with Gasteiger partial charge in [-0.05, 0) is 6.07 Å². The van der Waals surface area contributed by atoms with Gasteiger partial charge in [0.2, 0.25) is 0 Å². The lowest BCUT2D eigenvalue weighted by Crippen LogP contribution is -2.37. The maximum absolute atomic E-state index is 11.7. The van der Waals surface area contributed by atoms with E-state index in [1.165, 1.54) is 12.1 Å². The average molecular weight is 382 g/mol. The van der Waals surface area contributed by atoms with Gasteiger partial charge in [0, 0.05) is 19.2 Å². The number of imide groups is 1. The van der Waals surface area contributed by atoms with Crippen LogP contribution in [0, 0.1) is 0 Å². The highest BCUT2D eigenvalue weighted by molar-refractivity contribution is 6.43. The second-order valence-electron chi connectivity index (χ2n) is 4.42. The van der Waals surface area contributed by atoms with Gasteiger partial charge < -0.3 is 14.8 Å². The molecule has 0 bridgehead atoms. The second-order valence-corrected chi connectivity index (χ2v) is 5.65. The normalized spacial score (nSPS) is 13.7. The average Bonchev–Trinajstić information content (AvgIpc) is 2.93. The standard InChI is InChI=1S/C13H11Cl3N2O5/c14-7-3-9(16)10(4-8(7)15)22-6-12(20)23-5-11(19)18-2-1-17-13(18)21/h3-4H,1-2,5-6H2,(H,17,21). The van der Waals surface area contributed by atoms with Crippen molar-refractivity contribution in [3.63, 3.8) is 0 Å². The van der Waals surface area contributed by atoms with Crippen LogP contribution in [0.5, 0.6) is 5.75 Å². The molecule has 0 aromatic heterocycles. The van der Waals surface area contributed by atoms with Gasteiger partial charge in [0.1, 0.15) is 5.75 Å². The Morgan fingerprint density at radius 2 is 1.83 bits per heavy atom. The molecule has 0 aliphatic carbocycles. The highest BCUT2D eigenvalue weighted by Crippen LogP contribution is 2.33. The zero-order valence-electron chi connectivity index (χ0n) is 11.6. The summed E-state index contributed by atoms with van der Waals surface area (Å²) in [6.45, 7) is -0.413. The molecule has 124 valence electrons. The smallest absolute Gasteiger partial charge is 0.344 e. The van der Waals surface area contributed by atoms with E-state index < -0.39 is 31.1 Å². The molecule has 1 aliphatic heterocycles. The van der Waals surface area contributed by atoms with E-state index in [4.69, 9.17) is 44.3 Å². The molecule has 1 saturated heterocycles. The van der Waals surface area contributed by atoms with Crippen molar-refractivity contribution in [1.29, 1.82) is 0 Å². The van der Waals surface area contributed by atoms with E-state index in [9.17, 15) is 14.4 Å². The van der Waals surface area contributed by atoms with E-state index in [-0.39, 0.29) is 27.4 Å². The molecular formula is C13H11Cl3N2O5. The summed E-state index contributed by atoms with van der Waals surface area (Å²) in [6.07, 6.45) is 0. The number of ether oxygens (including phenoxy) is 2. The van der Waals surface area contributed by atoms with Crippen molar-refractivity contribution in [3.05, 3.63) is 27.2 Å². The lowest BCUT2D eigenvalue weighted by molar-refractivity contribution is -0.152. The number of urea groups is 1. The van der Waals surface area contributed by atoms with Crippen LogP contribution in [-0.4, -0.2) is 49.1 Å². The van der Waals surface area contributed by atoms with Crippen molar-refractivity contribution in [2.75, 3.05) is 26.3 Å². The Balaban J connectivity index is 1.80. The summed E-state index contributed by atoms with van der Waals surface area (Å²) in [7, 11) is 0. The highest BCUT2D eigenvalue weighted by Gasteiger charge is 2.26. The maximum Gasteiger partial charge on any atom is 0.344 e. The van der Waals surface area contributed by atoms with Crippen molar-refractivity contribution in [1.82, 2.24) is 10.2 Å². The number of benzene rings is 1. The molecule has 7 nitrogen and oxygen atoms in total. The van der Waals surface area contributed by atoms with Crippen LogP contribution in [0.3, 0.4) is 0 Å². The van der Waals surface area contributed by atoms with Gasteiger partial charge in [-0.2, -0.15) is 0 Å². The molecule has 2 rings (SSSR count). The van der Waals surface area contributed by atoms with Crippen LogP contribution in [0.1, 0.15) is 0 Å². The minimum absolute atomic E-state index is 0.156. The molecule has 0 unspecified atom stereocenters. The molecule has 1 aliphatic rings. The monoisotopic (exact) mass is 380 g/mol. The number of carbonyl (C=O) groups is 3. The minimum atomic E-state index is -0.792. The van der Waals surface area contributed by atoms with Crippen LogP contribution < -0.4 is 10.1 Å². The van der Waals surface area contributed by atoms with Gasteiger partial charge in [0.25, 0.3) is 5.91 Å². The van der Waals surface area contributed by atoms with Gasteiger partial charge in [0.15, 0.2) is 13.2 Å². The van der Waals surface area contributed by atoms with Gasteiger partial charge in [0.05, 0.1) is 15.1 Å². The van der Waals surface area contributed by atoms with Crippen LogP contribution in [0.4, 0.5) is 4.79 Å². The Morgan fingerprint density at radius 3 is 2.48 bits per heavy atom. The molecule has 0 spiro atoms. The predicted octanol–water partition coefficient (Wildman–Crippen LogP) is 2.12. The SMILES string of the molecule is O=C(COc1cc(Cl)c(Cl)cc1Cl)OCC(=O)N1CCNC1=O. The first-order valence-corrected chi connectivity index (χ1v) is 7.53. The van der Waals surface area contributed by atoms with Gasteiger partial charge in [-0.1, -0.05) is 34.8 Å². The quantitative estimate of drug-likeness (QED) is 0.624. The molecule has 1 fully saturated rings. The maximum atomic E-state index is 11.7. The summed E-state index contributed by atoms with van der Waals surface area (Å²) in [5.41, 5.74) is 0. The number of rotatable bonds is 5. The Labute approximate surface area is 146 Å². The summed E-state index contributed by atoms with van der Waals surface area (Å²) < 4.78 is 9.90. The third kappa shape index (κ3) is 4.63. The number of esters is 1. The Kier molecular flexibility index (Phi) is 5.92. The predicted molar refractivity (Wildman–Crippen MR) is 83.0 cm³/mol. The molecule has 10 heteroatoms. The highest BCUT2D eigenvalue weighted by atomic mass is 35.5. The minimum Gasteiger partial charge on any atom is -0.480 e. The van der Waals surface area contributed by atoms with Crippen molar-refractivity contribution in [2.45, 2.75) is 0 Å². The van der Waals surface area contributed by atoms with E-state index in [0.717, 1.165) is 4.90 Å².